The predicted octanol–water partition coefficient (Wildman–Crippen LogP) is 5.81. The SMILES string of the molecule is CCCCCCCCC(N)CCCCCCCC. The molecule has 0 aliphatic rings. The van der Waals surface area contributed by atoms with E-state index in [0.29, 0.717) is 6.04 Å². The Labute approximate surface area is 116 Å². The van der Waals surface area contributed by atoms with Gasteiger partial charge in [0.1, 0.15) is 0 Å². The van der Waals surface area contributed by atoms with Crippen LogP contribution in [0, 0.1) is 0 Å². The molecule has 0 unspecified atom stereocenters. The van der Waals surface area contributed by atoms with Gasteiger partial charge < -0.3 is 5.73 Å². The van der Waals surface area contributed by atoms with Crippen molar-refractivity contribution in [3.05, 3.63) is 0 Å². The lowest BCUT2D eigenvalue weighted by atomic mass is 10.0. The van der Waals surface area contributed by atoms with E-state index in [9.17, 15) is 0 Å². The molecular formula is C17H37N. The summed E-state index contributed by atoms with van der Waals surface area (Å²) in [4.78, 5) is 0. The first-order chi connectivity index (χ1) is 8.81. The third-order valence-corrected chi connectivity index (χ3v) is 3.86. The van der Waals surface area contributed by atoms with Gasteiger partial charge in [-0.25, -0.2) is 0 Å². The Morgan fingerprint density at radius 3 is 1.28 bits per heavy atom. The molecule has 0 radical (unpaired) electrons. The van der Waals surface area contributed by atoms with Crippen molar-refractivity contribution in [1.29, 1.82) is 0 Å². The van der Waals surface area contributed by atoms with E-state index >= 15 is 0 Å². The van der Waals surface area contributed by atoms with Gasteiger partial charge in [0, 0.05) is 6.04 Å². The monoisotopic (exact) mass is 255 g/mol. The van der Waals surface area contributed by atoms with Crippen LogP contribution in [0.3, 0.4) is 0 Å². The molecule has 0 aliphatic heterocycles. The number of rotatable bonds is 14. The van der Waals surface area contributed by atoms with Gasteiger partial charge in [0.2, 0.25) is 0 Å². The molecule has 0 amide bonds. The zero-order chi connectivity index (χ0) is 13.5. The molecule has 0 spiro atoms. The Hall–Kier alpha value is -0.0400. The summed E-state index contributed by atoms with van der Waals surface area (Å²) in [7, 11) is 0. The molecule has 0 atom stereocenters. The maximum atomic E-state index is 6.16. The van der Waals surface area contributed by atoms with Gasteiger partial charge in [-0.15, -0.1) is 0 Å². The number of hydrogen-bond donors (Lipinski definition) is 1. The maximum absolute atomic E-state index is 6.16. The second-order valence-electron chi connectivity index (χ2n) is 5.87. The number of unbranched alkanes of at least 4 members (excludes halogenated alkanes) is 10. The van der Waals surface area contributed by atoms with Crippen molar-refractivity contribution < 1.29 is 0 Å². The summed E-state index contributed by atoms with van der Waals surface area (Å²) < 4.78 is 0. The van der Waals surface area contributed by atoms with Crippen LogP contribution in [0.25, 0.3) is 0 Å². The van der Waals surface area contributed by atoms with Crippen LogP contribution in [0.4, 0.5) is 0 Å². The van der Waals surface area contributed by atoms with Crippen LogP contribution in [0.1, 0.15) is 104 Å². The first kappa shape index (κ1) is 18.0. The molecule has 0 saturated heterocycles. The standard InChI is InChI=1S/C17H37N/c1-3-5-7-9-11-13-15-17(18)16-14-12-10-8-6-4-2/h17H,3-16,18H2,1-2H3. The Morgan fingerprint density at radius 2 is 0.889 bits per heavy atom. The number of nitrogens with two attached hydrogens (primary N) is 1. The van der Waals surface area contributed by atoms with Crippen LogP contribution in [-0.4, -0.2) is 6.04 Å². The average molecular weight is 255 g/mol. The molecule has 0 heterocycles. The van der Waals surface area contributed by atoms with Crippen LogP contribution >= 0.6 is 0 Å². The summed E-state index contributed by atoms with van der Waals surface area (Å²) in [5.41, 5.74) is 6.16. The Balaban J connectivity index is 3.10. The van der Waals surface area contributed by atoms with Gasteiger partial charge in [0.25, 0.3) is 0 Å². The molecular weight excluding hydrogens is 218 g/mol. The fourth-order valence-electron chi connectivity index (χ4n) is 2.52. The maximum Gasteiger partial charge on any atom is 0.00388 e. The average Bonchev–Trinajstić information content (AvgIpc) is 2.38. The predicted molar refractivity (Wildman–Crippen MR) is 84.0 cm³/mol. The second-order valence-corrected chi connectivity index (χ2v) is 5.87. The molecule has 2 N–H and O–H groups in total. The van der Waals surface area contributed by atoms with E-state index in [1.165, 1.54) is 89.9 Å². The largest absolute Gasteiger partial charge is 0.328 e. The van der Waals surface area contributed by atoms with Gasteiger partial charge in [0.15, 0.2) is 0 Å². The quantitative estimate of drug-likeness (QED) is 0.389. The summed E-state index contributed by atoms with van der Waals surface area (Å²) in [6.07, 6.45) is 19.2. The van der Waals surface area contributed by atoms with E-state index in [-0.39, 0.29) is 0 Å². The Morgan fingerprint density at radius 1 is 0.556 bits per heavy atom. The fraction of sp³-hybridized carbons (Fsp3) is 1.00. The van der Waals surface area contributed by atoms with E-state index in [4.69, 9.17) is 5.73 Å². The summed E-state index contributed by atoms with van der Waals surface area (Å²) in [6, 6.07) is 0.474. The smallest absolute Gasteiger partial charge is 0.00388 e. The van der Waals surface area contributed by atoms with Crippen molar-refractivity contribution in [2.75, 3.05) is 0 Å². The van der Waals surface area contributed by atoms with E-state index in [2.05, 4.69) is 13.8 Å². The van der Waals surface area contributed by atoms with Crippen LogP contribution in [0.15, 0.2) is 0 Å². The van der Waals surface area contributed by atoms with Gasteiger partial charge in [-0.3, -0.25) is 0 Å². The van der Waals surface area contributed by atoms with Crippen LogP contribution in [0.5, 0.6) is 0 Å². The second kappa shape index (κ2) is 15.0. The molecule has 110 valence electrons. The zero-order valence-corrected chi connectivity index (χ0v) is 13.1. The minimum absolute atomic E-state index is 0.474. The zero-order valence-electron chi connectivity index (χ0n) is 13.1. The fourth-order valence-corrected chi connectivity index (χ4v) is 2.52. The van der Waals surface area contributed by atoms with Crippen molar-refractivity contribution in [2.45, 2.75) is 110 Å². The van der Waals surface area contributed by atoms with Crippen LogP contribution < -0.4 is 5.73 Å². The number of hydrogen-bond acceptors (Lipinski definition) is 1. The molecule has 0 fully saturated rings. The van der Waals surface area contributed by atoms with E-state index in [0.717, 1.165) is 0 Å². The third-order valence-electron chi connectivity index (χ3n) is 3.86. The molecule has 0 aromatic heterocycles. The highest BCUT2D eigenvalue weighted by Crippen LogP contribution is 2.12. The lowest BCUT2D eigenvalue weighted by molar-refractivity contribution is 0.484. The molecule has 0 aliphatic carbocycles. The van der Waals surface area contributed by atoms with Crippen LogP contribution in [0.2, 0.25) is 0 Å². The molecule has 0 rings (SSSR count). The first-order valence-corrected chi connectivity index (χ1v) is 8.56. The molecule has 1 nitrogen and oxygen atoms in total. The Bertz CT molecular complexity index is 129. The summed E-state index contributed by atoms with van der Waals surface area (Å²) in [5.74, 6) is 0. The summed E-state index contributed by atoms with van der Waals surface area (Å²) in [5, 5.41) is 0. The van der Waals surface area contributed by atoms with E-state index in [1.807, 2.05) is 0 Å². The van der Waals surface area contributed by atoms with Crippen LogP contribution in [-0.2, 0) is 0 Å². The van der Waals surface area contributed by atoms with Gasteiger partial charge in [0.05, 0.1) is 0 Å². The highest BCUT2D eigenvalue weighted by molar-refractivity contribution is 4.61. The first-order valence-electron chi connectivity index (χ1n) is 8.56. The van der Waals surface area contributed by atoms with E-state index < -0.39 is 0 Å². The molecule has 1 heteroatoms. The van der Waals surface area contributed by atoms with Crippen molar-refractivity contribution in [3.8, 4) is 0 Å². The topological polar surface area (TPSA) is 26.0 Å². The highest BCUT2D eigenvalue weighted by Gasteiger charge is 2.02. The van der Waals surface area contributed by atoms with Crippen molar-refractivity contribution in [2.24, 2.45) is 5.73 Å². The molecule has 0 saturated carbocycles. The molecule has 18 heavy (non-hydrogen) atoms. The minimum atomic E-state index is 0.474. The van der Waals surface area contributed by atoms with Gasteiger partial charge in [-0.1, -0.05) is 90.9 Å². The third kappa shape index (κ3) is 14.0. The lowest BCUT2D eigenvalue weighted by Crippen LogP contribution is -2.19. The van der Waals surface area contributed by atoms with Crippen molar-refractivity contribution in [3.63, 3.8) is 0 Å². The van der Waals surface area contributed by atoms with E-state index in [1.54, 1.807) is 0 Å². The summed E-state index contributed by atoms with van der Waals surface area (Å²) in [6.45, 7) is 4.55. The van der Waals surface area contributed by atoms with Gasteiger partial charge >= 0.3 is 0 Å². The molecule has 0 aromatic rings. The minimum Gasteiger partial charge on any atom is -0.328 e. The lowest BCUT2D eigenvalue weighted by Gasteiger charge is -2.11. The van der Waals surface area contributed by atoms with Gasteiger partial charge in [-0.2, -0.15) is 0 Å². The molecule has 0 bridgehead atoms. The van der Waals surface area contributed by atoms with Crippen molar-refractivity contribution >= 4 is 0 Å². The highest BCUT2D eigenvalue weighted by atomic mass is 14.6. The van der Waals surface area contributed by atoms with Gasteiger partial charge in [-0.05, 0) is 12.8 Å². The summed E-state index contributed by atoms with van der Waals surface area (Å²) >= 11 is 0. The molecule has 0 aromatic carbocycles. The van der Waals surface area contributed by atoms with Crippen molar-refractivity contribution in [1.82, 2.24) is 0 Å². The Kier molecular flexibility index (Phi) is 15.0. The normalized spacial score (nSPS) is 11.3.